The van der Waals surface area contributed by atoms with Crippen molar-refractivity contribution in [2.24, 2.45) is 0 Å². The highest BCUT2D eigenvalue weighted by Gasteiger charge is 2.18. The summed E-state index contributed by atoms with van der Waals surface area (Å²) in [6.07, 6.45) is 0. The summed E-state index contributed by atoms with van der Waals surface area (Å²) in [6, 6.07) is 81.3. The predicted octanol–water partition coefficient (Wildman–Crippen LogP) is 16.7. The molecule has 2 heteroatoms. The Balaban J connectivity index is 0.992. The number of nitrogens with zero attached hydrogens (tertiary/aromatic N) is 1. The van der Waals surface area contributed by atoms with Crippen LogP contribution in [-0.4, -0.2) is 0 Å². The van der Waals surface area contributed by atoms with Gasteiger partial charge in [-0.1, -0.05) is 170 Å². The number of fused-ring (bicyclic) bond motifs is 10. The zero-order chi connectivity index (χ0) is 39.6. The largest absolute Gasteiger partial charge is 0.456 e. The lowest BCUT2D eigenvalue weighted by atomic mass is 9.93. The Hall–Kier alpha value is -7.94. The van der Waals surface area contributed by atoms with E-state index in [9.17, 15) is 0 Å². The van der Waals surface area contributed by atoms with Crippen molar-refractivity contribution >= 4 is 82.1 Å². The normalized spacial score (nSPS) is 11.7. The highest BCUT2D eigenvalue weighted by Crippen LogP contribution is 2.43. The minimum atomic E-state index is 0.901. The maximum Gasteiger partial charge on any atom is 0.136 e. The molecule has 0 aliphatic heterocycles. The van der Waals surface area contributed by atoms with Crippen LogP contribution >= 0.6 is 0 Å². The monoisotopic (exact) mass is 763 g/mol. The molecule has 12 aromatic rings. The number of rotatable bonds is 6. The van der Waals surface area contributed by atoms with Crippen molar-refractivity contribution < 1.29 is 4.42 Å². The Labute approximate surface area is 347 Å². The average molecular weight is 764 g/mol. The molecule has 60 heavy (non-hydrogen) atoms. The number of benzene rings is 11. The fourth-order valence-corrected chi connectivity index (χ4v) is 9.43. The first kappa shape index (κ1) is 34.1. The van der Waals surface area contributed by atoms with Crippen molar-refractivity contribution in [2.45, 2.75) is 0 Å². The van der Waals surface area contributed by atoms with Crippen LogP contribution in [-0.2, 0) is 0 Å². The zero-order valence-corrected chi connectivity index (χ0v) is 32.7. The first-order valence-electron chi connectivity index (χ1n) is 20.6. The molecule has 0 bridgehead atoms. The highest BCUT2D eigenvalue weighted by atomic mass is 16.3. The lowest BCUT2D eigenvalue weighted by Crippen LogP contribution is -2.10. The first-order chi connectivity index (χ1) is 29.7. The van der Waals surface area contributed by atoms with Gasteiger partial charge in [-0.25, -0.2) is 0 Å². The van der Waals surface area contributed by atoms with E-state index in [1.54, 1.807) is 0 Å². The van der Waals surface area contributed by atoms with E-state index in [1.165, 1.54) is 65.3 Å². The Morgan fingerprint density at radius 3 is 1.50 bits per heavy atom. The van der Waals surface area contributed by atoms with Crippen LogP contribution in [0, 0.1) is 0 Å². The molecular formula is C58H37NO. The van der Waals surface area contributed by atoms with E-state index in [2.05, 4.69) is 217 Å². The zero-order valence-electron chi connectivity index (χ0n) is 32.7. The van der Waals surface area contributed by atoms with E-state index in [4.69, 9.17) is 4.42 Å². The van der Waals surface area contributed by atoms with Crippen LogP contribution in [0.5, 0.6) is 0 Å². The second-order valence-corrected chi connectivity index (χ2v) is 15.6. The molecule has 0 fully saturated rings. The third kappa shape index (κ3) is 5.57. The summed E-state index contributed by atoms with van der Waals surface area (Å²) in [5, 5.41) is 12.4. The molecule has 1 heterocycles. The fraction of sp³-hybridized carbons (Fsp3) is 0. The molecule has 11 aromatic carbocycles. The lowest BCUT2D eigenvalue weighted by molar-refractivity contribution is 0.669. The number of hydrogen-bond acceptors (Lipinski definition) is 2. The molecule has 0 N–H and O–H groups in total. The molecule has 0 aliphatic rings. The van der Waals surface area contributed by atoms with Gasteiger partial charge in [0, 0.05) is 27.8 Å². The number of anilines is 3. The molecule has 0 radical (unpaired) electrons. The van der Waals surface area contributed by atoms with E-state index < -0.39 is 0 Å². The smallest absolute Gasteiger partial charge is 0.136 e. The molecule has 12 rings (SSSR count). The number of para-hydroxylation sites is 1. The molecular weight excluding hydrogens is 727 g/mol. The van der Waals surface area contributed by atoms with Gasteiger partial charge in [0.1, 0.15) is 11.2 Å². The minimum absolute atomic E-state index is 0.901. The summed E-state index contributed by atoms with van der Waals surface area (Å²) in [5.74, 6) is 0. The van der Waals surface area contributed by atoms with Crippen molar-refractivity contribution in [3.05, 3.63) is 224 Å². The van der Waals surface area contributed by atoms with Crippen LogP contribution in [0.4, 0.5) is 17.1 Å². The van der Waals surface area contributed by atoms with Gasteiger partial charge in [0.15, 0.2) is 0 Å². The molecule has 1 aromatic heterocycles. The SMILES string of the molecule is c1cc(-c2ccc(N(c3ccc(-c4cccc5oc6ccccc6c45)cc3)c3ccc4c5ccccc5c5ccccc5c4c3)cc2)cc(-c2cccc3ccccc23)c1. The maximum atomic E-state index is 6.26. The van der Waals surface area contributed by atoms with Crippen LogP contribution in [0.15, 0.2) is 229 Å². The third-order valence-corrected chi connectivity index (χ3v) is 12.2. The van der Waals surface area contributed by atoms with E-state index in [-0.39, 0.29) is 0 Å². The Morgan fingerprint density at radius 2 is 0.767 bits per heavy atom. The van der Waals surface area contributed by atoms with E-state index in [0.717, 1.165) is 50.1 Å². The Morgan fingerprint density at radius 1 is 0.267 bits per heavy atom. The van der Waals surface area contributed by atoms with Crippen LogP contribution in [0.1, 0.15) is 0 Å². The van der Waals surface area contributed by atoms with Crippen LogP contribution in [0.3, 0.4) is 0 Å². The highest BCUT2D eigenvalue weighted by molar-refractivity contribution is 6.26. The van der Waals surface area contributed by atoms with E-state index in [0.29, 0.717) is 0 Å². The van der Waals surface area contributed by atoms with Crippen LogP contribution < -0.4 is 4.90 Å². The first-order valence-corrected chi connectivity index (χ1v) is 20.6. The van der Waals surface area contributed by atoms with Crippen LogP contribution in [0.2, 0.25) is 0 Å². The summed E-state index contributed by atoms with van der Waals surface area (Å²) < 4.78 is 6.26. The molecule has 0 saturated carbocycles. The molecule has 280 valence electrons. The van der Waals surface area contributed by atoms with E-state index in [1.807, 2.05) is 12.1 Å². The molecule has 0 unspecified atom stereocenters. The molecule has 0 amide bonds. The lowest BCUT2D eigenvalue weighted by Gasteiger charge is -2.27. The van der Waals surface area contributed by atoms with Gasteiger partial charge in [-0.05, 0) is 131 Å². The quantitative estimate of drug-likeness (QED) is 0.157. The summed E-state index contributed by atoms with van der Waals surface area (Å²) in [7, 11) is 0. The van der Waals surface area contributed by atoms with Crippen molar-refractivity contribution in [1.29, 1.82) is 0 Å². The van der Waals surface area contributed by atoms with Gasteiger partial charge in [0.25, 0.3) is 0 Å². The van der Waals surface area contributed by atoms with Crippen molar-refractivity contribution in [3.63, 3.8) is 0 Å². The Bertz CT molecular complexity index is 3560. The summed E-state index contributed by atoms with van der Waals surface area (Å²) in [5.41, 5.74) is 12.2. The van der Waals surface area contributed by atoms with Gasteiger partial charge in [-0.2, -0.15) is 0 Å². The average Bonchev–Trinajstić information content (AvgIpc) is 3.71. The summed E-state index contributed by atoms with van der Waals surface area (Å²) in [4.78, 5) is 2.39. The standard InChI is InChI=1S/C58H37NO/c1-2-16-46-39(12-1)13-10-22-47(46)42-15-9-14-41(36-42)38-26-30-43(31-27-38)59(45-34-35-53-51-19-4-3-17-49(51)50-18-5-6-20-52(50)55(53)37-45)44-32-28-40(29-33-44)48-23-11-25-57-58(48)54-21-7-8-24-56(54)60-57/h1-37H. The summed E-state index contributed by atoms with van der Waals surface area (Å²) >= 11 is 0. The van der Waals surface area contributed by atoms with Crippen molar-refractivity contribution in [1.82, 2.24) is 0 Å². The van der Waals surface area contributed by atoms with E-state index >= 15 is 0 Å². The van der Waals surface area contributed by atoms with Crippen molar-refractivity contribution in [3.8, 4) is 33.4 Å². The second-order valence-electron chi connectivity index (χ2n) is 15.6. The van der Waals surface area contributed by atoms with Gasteiger partial charge in [-0.15, -0.1) is 0 Å². The molecule has 0 aliphatic carbocycles. The fourth-order valence-electron chi connectivity index (χ4n) is 9.43. The third-order valence-electron chi connectivity index (χ3n) is 12.2. The van der Waals surface area contributed by atoms with Gasteiger partial charge < -0.3 is 9.32 Å². The number of furan rings is 1. The van der Waals surface area contributed by atoms with Crippen LogP contribution in [0.25, 0.3) is 98.4 Å². The van der Waals surface area contributed by atoms with Gasteiger partial charge >= 0.3 is 0 Å². The number of hydrogen-bond donors (Lipinski definition) is 0. The van der Waals surface area contributed by atoms with Gasteiger partial charge in [0.2, 0.25) is 0 Å². The molecule has 0 atom stereocenters. The van der Waals surface area contributed by atoms with Gasteiger partial charge in [0.05, 0.1) is 0 Å². The molecule has 2 nitrogen and oxygen atoms in total. The van der Waals surface area contributed by atoms with Crippen molar-refractivity contribution in [2.75, 3.05) is 4.90 Å². The molecule has 0 saturated heterocycles. The summed E-state index contributed by atoms with van der Waals surface area (Å²) in [6.45, 7) is 0. The molecule has 0 spiro atoms. The predicted molar refractivity (Wildman–Crippen MR) is 255 cm³/mol. The van der Waals surface area contributed by atoms with Gasteiger partial charge in [-0.3, -0.25) is 0 Å². The second kappa shape index (κ2) is 13.9. The Kier molecular flexibility index (Phi) is 7.89. The topological polar surface area (TPSA) is 16.4 Å². The maximum absolute atomic E-state index is 6.26. The minimum Gasteiger partial charge on any atom is -0.456 e.